The van der Waals surface area contributed by atoms with Crippen molar-refractivity contribution in [2.75, 3.05) is 33.4 Å². The Kier molecular flexibility index (Phi) is 11.5. The standard InChI is InChI=1S/C19H36N4O2.HI/c1-3-20-18(22-15-19(10-7-11-19)12-13-25-2)21-14-17(24)23-16-8-5-4-6-9-16;/h16H,3-15H2,1-2H3,(H,23,24)(H2,20,21,22);1H. The van der Waals surface area contributed by atoms with Gasteiger partial charge in [0.2, 0.25) is 5.91 Å². The Balaban J connectivity index is 0.00000338. The molecule has 0 aromatic rings. The van der Waals surface area contributed by atoms with Crippen molar-refractivity contribution in [3.8, 4) is 0 Å². The van der Waals surface area contributed by atoms with E-state index in [-0.39, 0.29) is 36.4 Å². The highest BCUT2D eigenvalue weighted by Crippen LogP contribution is 2.43. The van der Waals surface area contributed by atoms with Gasteiger partial charge in [-0.1, -0.05) is 25.7 Å². The molecule has 0 radical (unpaired) electrons. The largest absolute Gasteiger partial charge is 0.385 e. The van der Waals surface area contributed by atoms with E-state index in [4.69, 9.17) is 4.74 Å². The van der Waals surface area contributed by atoms with Gasteiger partial charge in [0.05, 0.1) is 0 Å². The second-order valence-electron chi connectivity index (χ2n) is 7.55. The molecule has 0 bridgehead atoms. The van der Waals surface area contributed by atoms with Crippen molar-refractivity contribution in [1.82, 2.24) is 16.0 Å². The van der Waals surface area contributed by atoms with Crippen molar-refractivity contribution >= 4 is 35.8 Å². The first kappa shape index (κ1) is 23.5. The predicted octanol–water partition coefficient (Wildman–Crippen LogP) is 2.82. The van der Waals surface area contributed by atoms with E-state index < -0.39 is 0 Å². The Morgan fingerprint density at radius 3 is 2.46 bits per heavy atom. The van der Waals surface area contributed by atoms with Gasteiger partial charge >= 0.3 is 0 Å². The molecule has 0 aromatic carbocycles. The Bertz CT molecular complexity index is 435. The summed E-state index contributed by atoms with van der Waals surface area (Å²) in [6.45, 7) is 4.73. The fourth-order valence-corrected chi connectivity index (χ4v) is 3.79. The maximum absolute atomic E-state index is 12.1. The van der Waals surface area contributed by atoms with E-state index in [1.807, 2.05) is 6.92 Å². The normalized spacial score (nSPS) is 19.8. The van der Waals surface area contributed by atoms with Crippen LogP contribution >= 0.6 is 24.0 Å². The Morgan fingerprint density at radius 1 is 1.15 bits per heavy atom. The molecular weight excluding hydrogens is 443 g/mol. The van der Waals surface area contributed by atoms with Gasteiger partial charge in [-0.2, -0.15) is 0 Å². The van der Waals surface area contributed by atoms with E-state index in [1.165, 1.54) is 38.5 Å². The number of ether oxygens (including phenoxy) is 1. The molecule has 2 fully saturated rings. The number of hydrogen-bond donors (Lipinski definition) is 3. The number of amides is 1. The molecule has 0 aliphatic heterocycles. The Hall–Kier alpha value is -0.570. The van der Waals surface area contributed by atoms with Gasteiger partial charge in [0.15, 0.2) is 5.96 Å². The van der Waals surface area contributed by atoms with Gasteiger partial charge in [0, 0.05) is 32.8 Å². The molecule has 0 heterocycles. The molecule has 2 rings (SSSR count). The molecule has 3 N–H and O–H groups in total. The van der Waals surface area contributed by atoms with Crippen molar-refractivity contribution in [3.05, 3.63) is 0 Å². The average Bonchev–Trinajstić information content (AvgIpc) is 2.59. The molecule has 7 heteroatoms. The SMILES string of the molecule is CCNC(=NCC(=O)NC1CCCCC1)NCC1(CCOC)CCC1.I. The van der Waals surface area contributed by atoms with E-state index in [1.54, 1.807) is 7.11 Å². The highest BCUT2D eigenvalue weighted by Gasteiger charge is 2.36. The van der Waals surface area contributed by atoms with Gasteiger partial charge in [0.25, 0.3) is 0 Å². The summed E-state index contributed by atoms with van der Waals surface area (Å²) in [4.78, 5) is 16.6. The van der Waals surface area contributed by atoms with Gasteiger partial charge < -0.3 is 20.7 Å². The van der Waals surface area contributed by atoms with Crippen molar-refractivity contribution in [2.24, 2.45) is 10.4 Å². The number of carbonyl (C=O) groups is 1. The minimum absolute atomic E-state index is 0. The van der Waals surface area contributed by atoms with E-state index >= 15 is 0 Å². The van der Waals surface area contributed by atoms with E-state index in [2.05, 4.69) is 20.9 Å². The Morgan fingerprint density at radius 2 is 1.88 bits per heavy atom. The molecule has 1 amide bonds. The maximum atomic E-state index is 12.1. The number of nitrogens with one attached hydrogen (secondary N) is 3. The van der Waals surface area contributed by atoms with Crippen LogP contribution in [-0.4, -0.2) is 51.3 Å². The maximum Gasteiger partial charge on any atom is 0.242 e. The first-order chi connectivity index (χ1) is 12.2. The zero-order chi connectivity index (χ0) is 18.0. The van der Waals surface area contributed by atoms with Crippen LogP contribution in [0, 0.1) is 5.41 Å². The molecular formula is C19H37IN4O2. The summed E-state index contributed by atoms with van der Waals surface area (Å²) < 4.78 is 5.25. The number of nitrogens with zero attached hydrogens (tertiary/aromatic N) is 1. The third-order valence-corrected chi connectivity index (χ3v) is 5.58. The van der Waals surface area contributed by atoms with Gasteiger partial charge in [-0.15, -0.1) is 24.0 Å². The summed E-state index contributed by atoms with van der Waals surface area (Å²) in [6.07, 6.45) is 10.8. The van der Waals surface area contributed by atoms with Gasteiger partial charge in [0.1, 0.15) is 6.54 Å². The Labute approximate surface area is 175 Å². The highest BCUT2D eigenvalue weighted by atomic mass is 127. The van der Waals surface area contributed by atoms with Crippen molar-refractivity contribution < 1.29 is 9.53 Å². The zero-order valence-electron chi connectivity index (χ0n) is 16.4. The molecule has 6 nitrogen and oxygen atoms in total. The molecule has 0 atom stereocenters. The lowest BCUT2D eigenvalue weighted by Crippen LogP contribution is -2.47. The number of methoxy groups -OCH3 is 1. The number of aliphatic imine (C=N–C) groups is 1. The van der Waals surface area contributed by atoms with Crippen LogP contribution in [0.5, 0.6) is 0 Å². The minimum Gasteiger partial charge on any atom is -0.385 e. The topological polar surface area (TPSA) is 74.8 Å². The third kappa shape index (κ3) is 7.98. The van der Waals surface area contributed by atoms with Crippen molar-refractivity contribution in [3.63, 3.8) is 0 Å². The van der Waals surface area contributed by atoms with Crippen LogP contribution in [0.15, 0.2) is 4.99 Å². The van der Waals surface area contributed by atoms with Crippen LogP contribution < -0.4 is 16.0 Å². The summed E-state index contributed by atoms with van der Waals surface area (Å²) in [7, 11) is 1.76. The third-order valence-electron chi connectivity index (χ3n) is 5.58. The molecule has 0 unspecified atom stereocenters. The van der Waals surface area contributed by atoms with Crippen LogP contribution in [0.3, 0.4) is 0 Å². The summed E-state index contributed by atoms with van der Waals surface area (Å²) in [5.41, 5.74) is 0.330. The second kappa shape index (κ2) is 12.8. The van der Waals surface area contributed by atoms with Crippen molar-refractivity contribution in [1.29, 1.82) is 0 Å². The molecule has 0 saturated heterocycles. The lowest BCUT2D eigenvalue weighted by atomic mass is 9.67. The van der Waals surface area contributed by atoms with E-state index in [0.29, 0.717) is 11.5 Å². The van der Waals surface area contributed by atoms with E-state index in [9.17, 15) is 4.79 Å². The van der Waals surface area contributed by atoms with Crippen LogP contribution in [0.1, 0.15) is 64.7 Å². The number of halogens is 1. The fourth-order valence-electron chi connectivity index (χ4n) is 3.79. The first-order valence-corrected chi connectivity index (χ1v) is 9.98. The fraction of sp³-hybridized carbons (Fsp3) is 0.895. The van der Waals surface area contributed by atoms with Crippen LogP contribution in [0.2, 0.25) is 0 Å². The monoisotopic (exact) mass is 480 g/mol. The zero-order valence-corrected chi connectivity index (χ0v) is 18.8. The van der Waals surface area contributed by atoms with Gasteiger partial charge in [-0.25, -0.2) is 4.99 Å². The average molecular weight is 480 g/mol. The molecule has 152 valence electrons. The highest BCUT2D eigenvalue weighted by molar-refractivity contribution is 14.0. The molecule has 2 saturated carbocycles. The number of hydrogen-bond acceptors (Lipinski definition) is 3. The summed E-state index contributed by atoms with van der Waals surface area (Å²) in [5, 5.41) is 9.80. The molecule has 2 aliphatic rings. The van der Waals surface area contributed by atoms with Crippen molar-refractivity contribution in [2.45, 2.75) is 70.8 Å². The second-order valence-corrected chi connectivity index (χ2v) is 7.55. The number of guanidine groups is 1. The molecule has 0 aromatic heterocycles. The molecule has 0 spiro atoms. The molecule has 2 aliphatic carbocycles. The lowest BCUT2D eigenvalue weighted by Gasteiger charge is -2.42. The number of carbonyl (C=O) groups excluding carboxylic acids is 1. The quantitative estimate of drug-likeness (QED) is 0.270. The van der Waals surface area contributed by atoms with Crippen LogP contribution in [-0.2, 0) is 9.53 Å². The van der Waals surface area contributed by atoms with E-state index in [0.717, 1.165) is 44.9 Å². The predicted molar refractivity (Wildman–Crippen MR) is 117 cm³/mol. The smallest absolute Gasteiger partial charge is 0.242 e. The van der Waals surface area contributed by atoms with Gasteiger partial charge in [-0.05, 0) is 44.4 Å². The van der Waals surface area contributed by atoms with Crippen LogP contribution in [0.4, 0.5) is 0 Å². The lowest BCUT2D eigenvalue weighted by molar-refractivity contribution is -0.120. The first-order valence-electron chi connectivity index (χ1n) is 9.98. The molecule has 26 heavy (non-hydrogen) atoms. The minimum atomic E-state index is 0. The summed E-state index contributed by atoms with van der Waals surface area (Å²) >= 11 is 0. The van der Waals surface area contributed by atoms with Gasteiger partial charge in [-0.3, -0.25) is 4.79 Å². The summed E-state index contributed by atoms with van der Waals surface area (Å²) in [5.74, 6) is 0.770. The summed E-state index contributed by atoms with van der Waals surface area (Å²) in [6, 6.07) is 0.347. The number of rotatable bonds is 9. The van der Waals surface area contributed by atoms with Crippen LogP contribution in [0.25, 0.3) is 0 Å².